The zero-order valence-electron chi connectivity index (χ0n) is 23.7. The topological polar surface area (TPSA) is 37.3 Å². The first-order valence-corrected chi connectivity index (χ1v) is 15.8. The van der Waals surface area contributed by atoms with Crippen molar-refractivity contribution >= 4 is 12.4 Å². The third-order valence-corrected chi connectivity index (χ3v) is 10.8. The fraction of sp³-hybridized carbons (Fsp3) is 0.800. The molecule has 2 nitrogen and oxygen atoms in total. The Morgan fingerprint density at radius 1 is 0.758 bits per heavy atom. The average molecular weight is 479 g/mol. The Balaban J connectivity index is 3.69. The van der Waals surface area contributed by atoms with Crippen LogP contribution in [0.3, 0.4) is 0 Å². The highest BCUT2D eigenvalue weighted by Gasteiger charge is 2.35. The Bertz CT molecular complexity index is 709. The van der Waals surface area contributed by atoms with Gasteiger partial charge in [-0.25, -0.2) is 0 Å². The molecule has 0 fully saturated rings. The van der Waals surface area contributed by atoms with Crippen LogP contribution in [-0.4, -0.2) is 17.4 Å². The average Bonchev–Trinajstić information content (AvgIpc) is 2.72. The second kappa shape index (κ2) is 12.8. The lowest BCUT2D eigenvalue weighted by Gasteiger charge is -2.32. The maximum absolute atomic E-state index is 15.1. The number of benzene rings is 1. The van der Waals surface area contributed by atoms with E-state index in [2.05, 4.69) is 81.4 Å². The fourth-order valence-corrected chi connectivity index (χ4v) is 8.80. The lowest BCUT2D eigenvalue weighted by molar-refractivity contribution is 0.423. The molecule has 0 heterocycles. The summed E-state index contributed by atoms with van der Waals surface area (Å²) in [4.78, 5) is 0. The Morgan fingerprint density at radius 3 is 1.39 bits per heavy atom. The standard InChI is InChI=1S/C30H55O2P/c1-11-15-17-23(13-3)21-33(32,22-24(14-4)18-16-12-2)25-19-26(29(5,6)7)28(31)27(20-25)30(8,9)10/h19-20,23-24,31H,11-18,21-22H2,1-10H3. The van der Waals surface area contributed by atoms with E-state index < -0.39 is 7.14 Å². The molecule has 3 heteroatoms. The Kier molecular flexibility index (Phi) is 11.8. The molecule has 192 valence electrons. The van der Waals surface area contributed by atoms with Crippen LogP contribution < -0.4 is 5.30 Å². The molecule has 0 amide bonds. The van der Waals surface area contributed by atoms with Crippen LogP contribution in [0.5, 0.6) is 5.75 Å². The zero-order valence-corrected chi connectivity index (χ0v) is 24.6. The van der Waals surface area contributed by atoms with Gasteiger partial charge in [0, 0.05) is 28.8 Å². The third kappa shape index (κ3) is 8.76. The van der Waals surface area contributed by atoms with Gasteiger partial charge in [-0.15, -0.1) is 0 Å². The molecule has 0 bridgehead atoms. The molecule has 2 unspecified atom stereocenters. The van der Waals surface area contributed by atoms with Gasteiger partial charge in [0.1, 0.15) is 12.9 Å². The van der Waals surface area contributed by atoms with E-state index in [0.29, 0.717) is 17.6 Å². The largest absolute Gasteiger partial charge is 0.507 e. The highest BCUT2D eigenvalue weighted by atomic mass is 31.2. The second-order valence-corrected chi connectivity index (χ2v) is 15.5. The number of hydrogen-bond acceptors (Lipinski definition) is 2. The number of phenols is 1. The third-order valence-electron chi connectivity index (χ3n) is 7.37. The van der Waals surface area contributed by atoms with E-state index in [0.717, 1.165) is 41.6 Å². The molecular weight excluding hydrogens is 423 g/mol. The Morgan fingerprint density at radius 2 is 1.12 bits per heavy atom. The van der Waals surface area contributed by atoms with Crippen molar-refractivity contribution in [3.63, 3.8) is 0 Å². The Labute approximate surface area is 206 Å². The molecule has 0 saturated carbocycles. The van der Waals surface area contributed by atoms with Gasteiger partial charge in [-0.3, -0.25) is 0 Å². The van der Waals surface area contributed by atoms with Crippen LogP contribution in [0, 0.1) is 11.8 Å². The summed E-state index contributed by atoms with van der Waals surface area (Å²) in [5.74, 6) is 1.40. The summed E-state index contributed by atoms with van der Waals surface area (Å²) in [6, 6.07) is 4.23. The van der Waals surface area contributed by atoms with Crippen LogP contribution in [0.15, 0.2) is 12.1 Å². The van der Waals surface area contributed by atoms with Crippen molar-refractivity contribution in [2.45, 2.75) is 131 Å². The van der Waals surface area contributed by atoms with Crippen molar-refractivity contribution in [3.8, 4) is 5.75 Å². The van der Waals surface area contributed by atoms with Crippen LogP contribution in [0.2, 0.25) is 0 Å². The summed E-state index contributed by atoms with van der Waals surface area (Å²) in [7, 11) is -2.62. The summed E-state index contributed by atoms with van der Waals surface area (Å²) in [5.41, 5.74) is 1.47. The first-order valence-electron chi connectivity index (χ1n) is 13.7. The quantitative estimate of drug-likeness (QED) is 0.287. The van der Waals surface area contributed by atoms with Crippen LogP contribution in [-0.2, 0) is 15.4 Å². The van der Waals surface area contributed by atoms with E-state index in [1.807, 2.05) is 0 Å². The van der Waals surface area contributed by atoms with Gasteiger partial charge in [0.2, 0.25) is 0 Å². The highest BCUT2D eigenvalue weighted by Crippen LogP contribution is 2.52. The van der Waals surface area contributed by atoms with E-state index in [9.17, 15) is 5.11 Å². The van der Waals surface area contributed by atoms with Gasteiger partial charge in [-0.1, -0.05) is 121 Å². The van der Waals surface area contributed by atoms with Crippen molar-refractivity contribution in [1.29, 1.82) is 0 Å². The van der Waals surface area contributed by atoms with E-state index in [1.54, 1.807) is 0 Å². The molecule has 0 radical (unpaired) electrons. The van der Waals surface area contributed by atoms with Gasteiger partial charge in [0.15, 0.2) is 0 Å². The molecule has 1 rings (SSSR count). The number of rotatable bonds is 13. The van der Waals surface area contributed by atoms with Gasteiger partial charge < -0.3 is 9.67 Å². The van der Waals surface area contributed by atoms with Crippen molar-refractivity contribution in [2.24, 2.45) is 11.8 Å². The van der Waals surface area contributed by atoms with Crippen LogP contribution in [0.4, 0.5) is 0 Å². The van der Waals surface area contributed by atoms with Gasteiger partial charge in [-0.05, 0) is 34.8 Å². The molecule has 2 atom stereocenters. The minimum atomic E-state index is -2.62. The second-order valence-electron chi connectivity index (χ2n) is 12.5. The zero-order chi connectivity index (χ0) is 25.4. The van der Waals surface area contributed by atoms with E-state index in [1.165, 1.54) is 38.5 Å². The van der Waals surface area contributed by atoms with Crippen LogP contribution >= 0.6 is 7.14 Å². The molecule has 1 aromatic carbocycles. The van der Waals surface area contributed by atoms with Gasteiger partial charge in [0.25, 0.3) is 0 Å². The monoisotopic (exact) mass is 478 g/mol. The van der Waals surface area contributed by atoms with Crippen molar-refractivity contribution < 1.29 is 9.67 Å². The van der Waals surface area contributed by atoms with E-state index in [-0.39, 0.29) is 10.8 Å². The van der Waals surface area contributed by atoms with Crippen molar-refractivity contribution in [2.75, 3.05) is 12.3 Å². The predicted octanol–water partition coefficient (Wildman–Crippen LogP) is 9.41. The molecular formula is C30H55O2P. The van der Waals surface area contributed by atoms with Crippen LogP contribution in [0.25, 0.3) is 0 Å². The number of phenolic OH excluding ortho intramolecular Hbond substituents is 1. The maximum Gasteiger partial charge on any atom is 0.123 e. The number of aromatic hydroxyl groups is 1. The van der Waals surface area contributed by atoms with Gasteiger partial charge in [0.05, 0.1) is 0 Å². The molecule has 0 aliphatic rings. The van der Waals surface area contributed by atoms with Gasteiger partial charge in [-0.2, -0.15) is 0 Å². The smallest absolute Gasteiger partial charge is 0.123 e. The molecule has 0 aromatic heterocycles. The minimum Gasteiger partial charge on any atom is -0.507 e. The lowest BCUT2D eigenvalue weighted by Crippen LogP contribution is -2.25. The summed E-state index contributed by atoms with van der Waals surface area (Å²) in [5, 5.41) is 12.3. The number of unbranched alkanes of at least 4 members (excludes halogenated alkanes) is 2. The number of hydrogen-bond donors (Lipinski definition) is 1. The molecule has 33 heavy (non-hydrogen) atoms. The molecule has 1 aromatic rings. The van der Waals surface area contributed by atoms with Gasteiger partial charge >= 0.3 is 0 Å². The first-order chi connectivity index (χ1) is 15.2. The first kappa shape index (κ1) is 30.3. The lowest BCUT2D eigenvalue weighted by atomic mass is 9.79. The summed E-state index contributed by atoms with van der Waals surface area (Å²) < 4.78 is 15.1. The maximum atomic E-state index is 15.1. The minimum absolute atomic E-state index is 0.205. The normalized spacial score (nSPS) is 16.4. The molecule has 0 aliphatic carbocycles. The molecule has 0 aliphatic heterocycles. The molecule has 0 spiro atoms. The summed E-state index contributed by atoms with van der Waals surface area (Å²) >= 11 is 0. The molecule has 0 saturated heterocycles. The van der Waals surface area contributed by atoms with E-state index >= 15 is 4.57 Å². The van der Waals surface area contributed by atoms with Crippen molar-refractivity contribution in [3.05, 3.63) is 23.3 Å². The fourth-order valence-electron chi connectivity index (χ4n) is 4.95. The summed E-state index contributed by atoms with van der Waals surface area (Å²) in [6.45, 7) is 21.9. The summed E-state index contributed by atoms with van der Waals surface area (Å²) in [6.07, 6.45) is 10.9. The van der Waals surface area contributed by atoms with Crippen molar-refractivity contribution in [1.82, 2.24) is 0 Å². The SMILES string of the molecule is CCCCC(CC)CP(=O)(CC(CC)CCCC)c1cc(C(C)(C)C)c(O)c(C(C)(C)C)c1. The van der Waals surface area contributed by atoms with Crippen LogP contribution in [0.1, 0.15) is 132 Å². The predicted molar refractivity (Wildman–Crippen MR) is 149 cm³/mol. The van der Waals surface area contributed by atoms with E-state index in [4.69, 9.17) is 0 Å². The highest BCUT2D eigenvalue weighted by molar-refractivity contribution is 7.71. The Hall–Kier alpha value is -0.750. The molecule has 1 N–H and O–H groups in total.